The third-order valence-corrected chi connectivity index (χ3v) is 4.87. The van der Waals surface area contributed by atoms with Crippen molar-refractivity contribution in [3.05, 3.63) is 71.8 Å². The summed E-state index contributed by atoms with van der Waals surface area (Å²) in [5.41, 5.74) is 0.914. The second kappa shape index (κ2) is 6.97. The van der Waals surface area contributed by atoms with Gasteiger partial charge in [-0.25, -0.2) is 0 Å². The molecule has 23 heavy (non-hydrogen) atoms. The smallest absolute Gasteiger partial charge is 0.0797 e. The second-order valence-corrected chi connectivity index (χ2v) is 6.69. The lowest BCUT2D eigenvalue weighted by Crippen LogP contribution is -2.49. The summed E-state index contributed by atoms with van der Waals surface area (Å²) in [7, 11) is 4.32. The van der Waals surface area contributed by atoms with Crippen molar-refractivity contribution in [3.63, 3.8) is 0 Å². The highest BCUT2D eigenvalue weighted by molar-refractivity contribution is 5.86. The summed E-state index contributed by atoms with van der Waals surface area (Å²) in [4.78, 5) is 0. The van der Waals surface area contributed by atoms with Gasteiger partial charge in [-0.3, -0.25) is 0 Å². The Bertz CT molecular complexity index is 596. The standard InChI is InChI=1S/C20H26N2O/c1-4-22(2,3)16-15-20(19(21)23,17-11-7-5-8-12-17)18-13-9-6-10-14-18/h5-14H,4,15-16H2,1-3H3,(H-,21,23). The van der Waals surface area contributed by atoms with E-state index in [1.54, 1.807) is 0 Å². The summed E-state index contributed by atoms with van der Waals surface area (Å²) in [6.07, 6.45) is 0.629. The first-order chi connectivity index (χ1) is 10.9. The topological polar surface area (TPSA) is 46.9 Å². The zero-order chi connectivity index (χ0) is 16.9. The Morgan fingerprint density at radius 1 is 0.957 bits per heavy atom. The van der Waals surface area contributed by atoms with Crippen molar-refractivity contribution in [2.24, 2.45) is 0 Å². The van der Waals surface area contributed by atoms with Crippen molar-refractivity contribution in [1.29, 1.82) is 5.41 Å². The molecule has 0 saturated carbocycles. The van der Waals surface area contributed by atoms with Crippen molar-refractivity contribution >= 4 is 5.90 Å². The maximum absolute atomic E-state index is 12.5. The third-order valence-electron chi connectivity index (χ3n) is 4.87. The molecule has 0 bridgehead atoms. The maximum Gasteiger partial charge on any atom is 0.0797 e. The first kappa shape index (κ1) is 17.2. The summed E-state index contributed by atoms with van der Waals surface area (Å²) in [6, 6.07) is 19.5. The molecule has 2 aromatic rings. The maximum atomic E-state index is 12.5. The summed E-state index contributed by atoms with van der Waals surface area (Å²) in [6.45, 7) is 3.98. The molecule has 0 unspecified atom stereocenters. The van der Waals surface area contributed by atoms with Gasteiger partial charge in [-0.1, -0.05) is 60.7 Å². The van der Waals surface area contributed by atoms with Gasteiger partial charge >= 0.3 is 0 Å². The van der Waals surface area contributed by atoms with Gasteiger partial charge < -0.3 is 15.0 Å². The quantitative estimate of drug-likeness (QED) is 0.477. The van der Waals surface area contributed by atoms with Crippen LogP contribution in [0.15, 0.2) is 60.7 Å². The molecule has 0 amide bonds. The molecule has 0 saturated heterocycles. The van der Waals surface area contributed by atoms with E-state index in [1.165, 1.54) is 0 Å². The Morgan fingerprint density at radius 2 is 1.39 bits per heavy atom. The summed E-state index contributed by atoms with van der Waals surface area (Å²) in [5, 5.41) is 20.6. The number of hydrogen-bond donors (Lipinski definition) is 1. The van der Waals surface area contributed by atoms with Crippen molar-refractivity contribution < 1.29 is 9.59 Å². The number of nitrogens with one attached hydrogen (secondary N) is 1. The lowest BCUT2D eigenvalue weighted by molar-refractivity contribution is -0.889. The molecule has 122 valence electrons. The Balaban J connectivity index is 2.55. The largest absolute Gasteiger partial charge is 0.861 e. The summed E-state index contributed by atoms with van der Waals surface area (Å²) >= 11 is 0. The van der Waals surface area contributed by atoms with Gasteiger partial charge in [0.05, 0.1) is 32.6 Å². The van der Waals surface area contributed by atoms with Crippen LogP contribution >= 0.6 is 0 Å². The van der Waals surface area contributed by atoms with E-state index in [0.29, 0.717) is 6.42 Å². The highest BCUT2D eigenvalue weighted by Crippen LogP contribution is 2.36. The van der Waals surface area contributed by atoms with Gasteiger partial charge in [-0.15, -0.1) is 0 Å². The molecular formula is C20H26N2O. The van der Waals surface area contributed by atoms with E-state index >= 15 is 0 Å². The van der Waals surface area contributed by atoms with E-state index in [-0.39, 0.29) is 0 Å². The van der Waals surface area contributed by atoms with Gasteiger partial charge in [0.25, 0.3) is 0 Å². The monoisotopic (exact) mass is 310 g/mol. The fourth-order valence-electron chi connectivity index (χ4n) is 2.90. The minimum atomic E-state index is -0.896. The Labute approximate surface area is 139 Å². The van der Waals surface area contributed by atoms with Crippen LogP contribution in [-0.2, 0) is 5.41 Å². The van der Waals surface area contributed by atoms with Crippen LogP contribution in [0, 0.1) is 5.41 Å². The minimum absolute atomic E-state index is 0.536. The fraction of sp³-hybridized carbons (Fsp3) is 0.350. The van der Waals surface area contributed by atoms with Gasteiger partial charge in [0.15, 0.2) is 0 Å². The van der Waals surface area contributed by atoms with Crippen LogP contribution in [0.2, 0.25) is 0 Å². The number of nitrogens with zero attached hydrogens (tertiary/aromatic N) is 1. The highest BCUT2D eigenvalue weighted by Gasteiger charge is 2.36. The van der Waals surface area contributed by atoms with E-state index in [0.717, 1.165) is 28.7 Å². The molecule has 3 heteroatoms. The Kier molecular flexibility index (Phi) is 5.22. The zero-order valence-electron chi connectivity index (χ0n) is 14.3. The molecule has 0 aliphatic rings. The highest BCUT2D eigenvalue weighted by atomic mass is 16.3. The Morgan fingerprint density at radius 3 is 1.74 bits per heavy atom. The number of hydrogen-bond acceptors (Lipinski definition) is 2. The predicted molar refractivity (Wildman–Crippen MR) is 93.5 cm³/mol. The molecular weight excluding hydrogens is 284 g/mol. The normalized spacial score (nSPS) is 12.1. The van der Waals surface area contributed by atoms with Crippen LogP contribution in [0.3, 0.4) is 0 Å². The molecule has 0 aliphatic carbocycles. The Hall–Kier alpha value is -2.13. The lowest BCUT2D eigenvalue weighted by Gasteiger charge is -2.41. The fourth-order valence-corrected chi connectivity index (χ4v) is 2.90. The first-order valence-corrected chi connectivity index (χ1v) is 8.11. The average Bonchev–Trinajstić information content (AvgIpc) is 2.57. The molecule has 2 aromatic carbocycles. The van der Waals surface area contributed by atoms with Crippen molar-refractivity contribution in [2.45, 2.75) is 18.8 Å². The molecule has 0 heterocycles. The third kappa shape index (κ3) is 3.62. The molecule has 0 aliphatic heterocycles. The van der Waals surface area contributed by atoms with Crippen LogP contribution in [0.4, 0.5) is 0 Å². The molecule has 0 atom stereocenters. The molecule has 0 radical (unpaired) electrons. The molecule has 0 spiro atoms. The van der Waals surface area contributed by atoms with Gasteiger partial charge in [-0.2, -0.15) is 0 Å². The van der Waals surface area contributed by atoms with Crippen LogP contribution in [0.5, 0.6) is 0 Å². The van der Waals surface area contributed by atoms with Gasteiger partial charge in [0.1, 0.15) is 0 Å². The van der Waals surface area contributed by atoms with Crippen LogP contribution in [-0.4, -0.2) is 37.6 Å². The number of rotatable bonds is 7. The summed E-state index contributed by atoms with van der Waals surface area (Å²) < 4.78 is 0.828. The van der Waals surface area contributed by atoms with Crippen molar-refractivity contribution in [2.75, 3.05) is 27.2 Å². The van der Waals surface area contributed by atoms with Gasteiger partial charge in [0.2, 0.25) is 0 Å². The van der Waals surface area contributed by atoms with Crippen LogP contribution in [0.25, 0.3) is 0 Å². The molecule has 2 rings (SSSR count). The van der Waals surface area contributed by atoms with Crippen LogP contribution < -0.4 is 5.11 Å². The second-order valence-electron chi connectivity index (χ2n) is 6.69. The minimum Gasteiger partial charge on any atom is -0.861 e. The summed E-state index contributed by atoms with van der Waals surface area (Å²) in [5.74, 6) is -0.536. The predicted octanol–water partition coefficient (Wildman–Crippen LogP) is 2.80. The zero-order valence-corrected chi connectivity index (χ0v) is 14.3. The van der Waals surface area contributed by atoms with Gasteiger partial charge in [0, 0.05) is 6.42 Å². The van der Waals surface area contributed by atoms with E-state index in [2.05, 4.69) is 21.0 Å². The average molecular weight is 310 g/mol. The number of quaternary nitrogens is 1. The van der Waals surface area contributed by atoms with Crippen molar-refractivity contribution in [1.82, 2.24) is 0 Å². The molecule has 0 fully saturated rings. The van der Waals surface area contributed by atoms with Gasteiger partial charge in [-0.05, 0) is 23.9 Å². The lowest BCUT2D eigenvalue weighted by atomic mass is 9.71. The van der Waals surface area contributed by atoms with E-state index in [4.69, 9.17) is 5.41 Å². The SMILES string of the molecule is CC[N+](C)(C)CCC(C(=N)[O-])(c1ccccc1)c1ccccc1. The van der Waals surface area contributed by atoms with E-state index in [9.17, 15) is 5.11 Å². The molecule has 0 aromatic heterocycles. The van der Waals surface area contributed by atoms with E-state index in [1.807, 2.05) is 60.7 Å². The number of benzene rings is 2. The molecule has 3 nitrogen and oxygen atoms in total. The van der Waals surface area contributed by atoms with Crippen LogP contribution in [0.1, 0.15) is 24.5 Å². The molecule has 1 N–H and O–H groups in total. The first-order valence-electron chi connectivity index (χ1n) is 8.11. The van der Waals surface area contributed by atoms with Crippen molar-refractivity contribution in [3.8, 4) is 0 Å². The van der Waals surface area contributed by atoms with E-state index < -0.39 is 11.3 Å².